The fourth-order valence-corrected chi connectivity index (χ4v) is 4.66. The number of aliphatic hydroxyl groups excluding tert-OH is 1. The monoisotopic (exact) mass is 524 g/mol. The summed E-state index contributed by atoms with van der Waals surface area (Å²) in [5.74, 6) is -2.16. The van der Waals surface area contributed by atoms with Gasteiger partial charge in [0.25, 0.3) is 0 Å². The maximum atomic E-state index is 13.1. The fraction of sp³-hybridized carbons (Fsp3) is 0.444. The molecule has 0 radical (unpaired) electrons. The highest BCUT2D eigenvalue weighted by atomic mass is 16.7. The first-order valence-corrected chi connectivity index (χ1v) is 12.3. The third kappa shape index (κ3) is 5.47. The highest BCUT2D eigenvalue weighted by molar-refractivity contribution is 6.07. The van der Waals surface area contributed by atoms with Crippen LogP contribution in [0.4, 0.5) is 5.82 Å². The van der Waals surface area contributed by atoms with Crippen LogP contribution in [0.5, 0.6) is 0 Å². The summed E-state index contributed by atoms with van der Waals surface area (Å²) in [7, 11) is 1.80. The fourth-order valence-electron chi connectivity index (χ4n) is 4.66. The third-order valence-electron chi connectivity index (χ3n) is 6.53. The normalized spacial score (nSPS) is 19.5. The molecule has 2 N–H and O–H groups in total. The van der Waals surface area contributed by atoms with E-state index < -0.39 is 42.2 Å². The van der Waals surface area contributed by atoms with E-state index in [0.717, 1.165) is 0 Å². The quantitative estimate of drug-likeness (QED) is 0.304. The van der Waals surface area contributed by atoms with Crippen molar-refractivity contribution in [3.63, 3.8) is 0 Å². The molecule has 2 aliphatic heterocycles. The van der Waals surface area contributed by atoms with Crippen LogP contribution in [-0.2, 0) is 42.1 Å². The van der Waals surface area contributed by atoms with Crippen LogP contribution in [0.1, 0.15) is 45.2 Å². The predicted octanol–water partition coefficient (Wildman–Crippen LogP) is 2.01. The molecule has 38 heavy (non-hydrogen) atoms. The minimum atomic E-state index is -0.880. The van der Waals surface area contributed by atoms with Crippen molar-refractivity contribution in [1.82, 2.24) is 14.5 Å². The van der Waals surface area contributed by atoms with Gasteiger partial charge in [-0.25, -0.2) is 9.78 Å². The molecule has 3 atom stereocenters. The van der Waals surface area contributed by atoms with Gasteiger partial charge in [0, 0.05) is 13.2 Å². The maximum Gasteiger partial charge on any atom is 0.358 e. The first-order chi connectivity index (χ1) is 17.9. The minimum Gasteiger partial charge on any atom is -0.427 e. The van der Waals surface area contributed by atoms with Crippen molar-refractivity contribution in [3.8, 4) is 0 Å². The van der Waals surface area contributed by atoms with Gasteiger partial charge >= 0.3 is 11.9 Å². The molecule has 0 bridgehead atoms. The zero-order chi connectivity index (χ0) is 27.8. The standard InChI is InChI=1S/C27H32N4O7/c1-15(32)22-19-11-18(23(31(19)24(22)34)25(35)37-14-38-26(36)27(2,3)4)17-8-6-7-16(9-17)10-21(33)29-20-12-30(5)13-28-20/h6-9,12-13,15,19,22,32H,10-11,14H2,1-5H3,(H,29,33)/t15-,19-,22-/m1/s1. The van der Waals surface area contributed by atoms with Crippen molar-refractivity contribution in [3.05, 3.63) is 53.6 Å². The lowest BCUT2D eigenvalue weighted by Gasteiger charge is -2.44. The van der Waals surface area contributed by atoms with Gasteiger partial charge in [-0.2, -0.15) is 0 Å². The molecule has 2 amide bonds. The SMILES string of the molecule is C[C@@H](O)[C@H]1C(=O)N2C(C(=O)OCOC(=O)C(C)(C)C)=C(c3cccc(CC(=O)Nc4cn(C)cn4)c3)C[C@H]12. The van der Waals surface area contributed by atoms with E-state index in [4.69, 9.17) is 9.47 Å². The number of rotatable bonds is 8. The summed E-state index contributed by atoms with van der Waals surface area (Å²) in [6, 6.07) is 6.74. The van der Waals surface area contributed by atoms with Gasteiger partial charge in [-0.05, 0) is 50.8 Å². The van der Waals surface area contributed by atoms with Crippen molar-refractivity contribution >= 4 is 35.1 Å². The molecule has 1 saturated heterocycles. The van der Waals surface area contributed by atoms with Gasteiger partial charge in [0.2, 0.25) is 18.6 Å². The lowest BCUT2D eigenvalue weighted by atomic mass is 9.82. The van der Waals surface area contributed by atoms with E-state index in [1.165, 1.54) is 4.90 Å². The van der Waals surface area contributed by atoms with Gasteiger partial charge in [0.15, 0.2) is 5.82 Å². The Bertz CT molecular complexity index is 1300. The van der Waals surface area contributed by atoms with Crippen LogP contribution < -0.4 is 5.32 Å². The molecule has 1 aromatic heterocycles. The second-order valence-corrected chi connectivity index (χ2v) is 10.7. The molecular formula is C27H32N4O7. The summed E-state index contributed by atoms with van der Waals surface area (Å²) in [5.41, 5.74) is 1.20. The van der Waals surface area contributed by atoms with Crippen molar-refractivity contribution in [1.29, 1.82) is 0 Å². The van der Waals surface area contributed by atoms with E-state index in [0.29, 0.717) is 28.9 Å². The Morgan fingerprint density at radius 2 is 1.97 bits per heavy atom. The molecule has 0 saturated carbocycles. The number of esters is 2. The Morgan fingerprint density at radius 1 is 1.24 bits per heavy atom. The molecule has 0 aliphatic carbocycles. The maximum absolute atomic E-state index is 13.1. The third-order valence-corrected chi connectivity index (χ3v) is 6.53. The molecule has 0 unspecified atom stereocenters. The Kier molecular flexibility index (Phi) is 7.41. The van der Waals surface area contributed by atoms with Gasteiger partial charge in [-0.1, -0.05) is 24.3 Å². The molecule has 202 valence electrons. The first kappa shape index (κ1) is 27.1. The summed E-state index contributed by atoms with van der Waals surface area (Å²) in [5, 5.41) is 12.9. The lowest BCUT2D eigenvalue weighted by molar-refractivity contribution is -0.175. The number of carbonyl (C=O) groups excluding carboxylic acids is 4. The molecule has 2 aromatic rings. The van der Waals surface area contributed by atoms with Crippen LogP contribution in [0.2, 0.25) is 0 Å². The molecule has 3 heterocycles. The van der Waals surface area contributed by atoms with Crippen molar-refractivity contribution in [2.75, 3.05) is 12.1 Å². The van der Waals surface area contributed by atoms with E-state index in [1.807, 2.05) is 0 Å². The number of nitrogens with zero attached hydrogens (tertiary/aromatic N) is 3. The van der Waals surface area contributed by atoms with Gasteiger partial charge in [-0.3, -0.25) is 14.4 Å². The number of hydrogen-bond donors (Lipinski definition) is 2. The Balaban J connectivity index is 1.56. The number of aromatic nitrogens is 2. The van der Waals surface area contributed by atoms with E-state index in [-0.39, 0.29) is 23.9 Å². The van der Waals surface area contributed by atoms with Crippen molar-refractivity contribution < 1.29 is 33.8 Å². The topological polar surface area (TPSA) is 140 Å². The predicted molar refractivity (Wildman–Crippen MR) is 136 cm³/mol. The van der Waals surface area contributed by atoms with Crippen LogP contribution in [0.15, 0.2) is 42.5 Å². The minimum absolute atomic E-state index is 0.0544. The number of hydrogen-bond acceptors (Lipinski definition) is 8. The largest absolute Gasteiger partial charge is 0.427 e. The van der Waals surface area contributed by atoms with Crippen LogP contribution in [0.25, 0.3) is 5.57 Å². The zero-order valence-electron chi connectivity index (χ0n) is 22.1. The highest BCUT2D eigenvalue weighted by Crippen LogP contribution is 2.47. The average molecular weight is 525 g/mol. The summed E-state index contributed by atoms with van der Waals surface area (Å²) >= 11 is 0. The summed E-state index contributed by atoms with van der Waals surface area (Å²) in [6.45, 7) is 5.99. The highest BCUT2D eigenvalue weighted by Gasteiger charge is 2.57. The Hall–Kier alpha value is -3.99. The Labute approximate surface area is 220 Å². The number of amides is 2. The Morgan fingerprint density at radius 3 is 2.61 bits per heavy atom. The van der Waals surface area contributed by atoms with Crippen molar-refractivity contribution in [2.45, 2.75) is 52.7 Å². The molecule has 11 heteroatoms. The number of benzene rings is 1. The van der Waals surface area contributed by atoms with Crippen LogP contribution in [0.3, 0.4) is 0 Å². The number of imidazole rings is 1. The number of ether oxygens (including phenoxy) is 2. The number of carbonyl (C=O) groups is 4. The summed E-state index contributed by atoms with van der Waals surface area (Å²) in [6.07, 6.45) is 2.79. The second-order valence-electron chi connectivity index (χ2n) is 10.7. The molecule has 4 rings (SSSR count). The molecular weight excluding hydrogens is 492 g/mol. The van der Waals surface area contributed by atoms with Crippen LogP contribution >= 0.6 is 0 Å². The molecule has 1 aromatic carbocycles. The van der Waals surface area contributed by atoms with Gasteiger partial charge in [0.1, 0.15) is 5.70 Å². The van der Waals surface area contributed by atoms with Gasteiger partial charge < -0.3 is 29.4 Å². The number of anilines is 1. The molecule has 0 spiro atoms. The van der Waals surface area contributed by atoms with E-state index in [1.54, 1.807) is 76.1 Å². The van der Waals surface area contributed by atoms with Gasteiger partial charge in [0.05, 0.1) is 36.2 Å². The summed E-state index contributed by atoms with van der Waals surface area (Å²) < 4.78 is 12.0. The lowest BCUT2D eigenvalue weighted by Crippen LogP contribution is -2.61. The van der Waals surface area contributed by atoms with E-state index in [2.05, 4.69) is 10.3 Å². The van der Waals surface area contributed by atoms with Crippen LogP contribution in [0, 0.1) is 11.3 Å². The molecule has 11 nitrogen and oxygen atoms in total. The number of fused-ring (bicyclic) bond motifs is 1. The number of aliphatic hydroxyl groups is 1. The number of β-lactam (4-membered cyclic amide) rings is 1. The zero-order valence-corrected chi connectivity index (χ0v) is 22.1. The van der Waals surface area contributed by atoms with E-state index >= 15 is 0 Å². The average Bonchev–Trinajstić information content (AvgIpc) is 3.38. The molecule has 1 fully saturated rings. The number of nitrogens with one attached hydrogen (secondary N) is 1. The van der Waals surface area contributed by atoms with Crippen molar-refractivity contribution in [2.24, 2.45) is 18.4 Å². The molecule has 2 aliphatic rings. The second kappa shape index (κ2) is 10.4. The number of aryl methyl sites for hydroxylation is 1. The smallest absolute Gasteiger partial charge is 0.358 e. The van der Waals surface area contributed by atoms with E-state index in [9.17, 15) is 24.3 Å². The van der Waals surface area contributed by atoms with Crippen LogP contribution in [-0.4, -0.2) is 62.2 Å². The first-order valence-electron chi connectivity index (χ1n) is 12.3. The van der Waals surface area contributed by atoms with Gasteiger partial charge in [-0.15, -0.1) is 0 Å². The summed E-state index contributed by atoms with van der Waals surface area (Å²) in [4.78, 5) is 56.0.